The molecule has 0 saturated heterocycles. The van der Waals surface area contributed by atoms with Crippen molar-refractivity contribution in [2.75, 3.05) is 0 Å². The van der Waals surface area contributed by atoms with Crippen molar-refractivity contribution in [2.24, 2.45) is 0 Å². The zero-order valence-electron chi connectivity index (χ0n) is 9.54. The van der Waals surface area contributed by atoms with Crippen LogP contribution in [0.1, 0.15) is 21.5 Å². The minimum Gasteiger partial charge on any atom is -0.289 e. The van der Waals surface area contributed by atoms with Gasteiger partial charge in [0.2, 0.25) is 3.79 Å². The van der Waals surface area contributed by atoms with E-state index in [1.54, 1.807) is 24.3 Å². The van der Waals surface area contributed by atoms with E-state index < -0.39 is 3.79 Å². The number of carbonyl (C=O) groups excluding carboxylic acids is 1. The fourth-order valence-corrected chi connectivity index (χ4v) is 1.96. The summed E-state index contributed by atoms with van der Waals surface area (Å²) < 4.78 is 11.3. The van der Waals surface area contributed by atoms with Crippen LogP contribution >= 0.6 is 34.8 Å². The third kappa shape index (κ3) is 3.47. The molecule has 0 radical (unpaired) electrons. The second kappa shape index (κ2) is 5.49. The highest BCUT2D eigenvalue weighted by Crippen LogP contribution is 2.38. The van der Waals surface area contributed by atoms with E-state index in [0.717, 1.165) is 0 Å². The molecule has 0 N–H and O–H groups in total. The maximum absolute atomic E-state index is 12.8. The molecule has 0 aliphatic heterocycles. The van der Waals surface area contributed by atoms with Crippen molar-refractivity contribution in [3.8, 4) is 0 Å². The number of carbonyl (C=O) groups is 1. The van der Waals surface area contributed by atoms with Crippen LogP contribution in [0.15, 0.2) is 48.5 Å². The van der Waals surface area contributed by atoms with Gasteiger partial charge in [0, 0.05) is 16.7 Å². The van der Waals surface area contributed by atoms with Crippen molar-refractivity contribution in [3.63, 3.8) is 0 Å². The smallest absolute Gasteiger partial charge is 0.216 e. The van der Waals surface area contributed by atoms with Crippen molar-refractivity contribution in [3.05, 3.63) is 71.0 Å². The van der Waals surface area contributed by atoms with Crippen LogP contribution in [-0.2, 0) is 3.79 Å². The van der Waals surface area contributed by atoms with Crippen LogP contribution in [0.4, 0.5) is 4.39 Å². The number of hydrogen-bond acceptors (Lipinski definition) is 1. The molecule has 0 heterocycles. The van der Waals surface area contributed by atoms with Gasteiger partial charge in [-0.05, 0) is 24.3 Å². The highest BCUT2D eigenvalue weighted by molar-refractivity contribution is 6.66. The lowest BCUT2D eigenvalue weighted by Crippen LogP contribution is -2.04. The first-order valence-electron chi connectivity index (χ1n) is 5.35. The van der Waals surface area contributed by atoms with Gasteiger partial charge in [-0.15, -0.1) is 0 Å². The molecule has 2 aromatic rings. The summed E-state index contributed by atoms with van der Waals surface area (Å²) in [6, 6.07) is 11.6. The van der Waals surface area contributed by atoms with E-state index in [0.29, 0.717) is 16.7 Å². The lowest BCUT2D eigenvalue weighted by Gasteiger charge is -2.11. The average molecular weight is 318 g/mol. The number of rotatable bonds is 2. The maximum atomic E-state index is 12.8. The van der Waals surface area contributed by atoms with Gasteiger partial charge in [0.25, 0.3) is 0 Å². The standard InChI is InChI=1S/C14H8Cl3FO/c15-14(16,17)11-5-1-9(2-6-11)13(19)10-3-7-12(18)8-4-10/h1-8H. The summed E-state index contributed by atoms with van der Waals surface area (Å²) >= 11 is 17.2. The normalized spacial score (nSPS) is 11.4. The molecule has 0 fully saturated rings. The van der Waals surface area contributed by atoms with Crippen molar-refractivity contribution >= 4 is 40.6 Å². The summed E-state index contributed by atoms with van der Waals surface area (Å²) in [5, 5.41) is 0. The van der Waals surface area contributed by atoms with Gasteiger partial charge in [0.15, 0.2) is 5.78 Å². The summed E-state index contributed by atoms with van der Waals surface area (Å²) in [4.78, 5) is 12.1. The van der Waals surface area contributed by atoms with Crippen LogP contribution in [0.3, 0.4) is 0 Å². The van der Waals surface area contributed by atoms with Crippen LogP contribution in [-0.4, -0.2) is 5.78 Å². The highest BCUT2D eigenvalue weighted by Gasteiger charge is 2.22. The van der Waals surface area contributed by atoms with Crippen LogP contribution in [0.25, 0.3) is 0 Å². The van der Waals surface area contributed by atoms with Crippen LogP contribution < -0.4 is 0 Å². The molecule has 0 unspecified atom stereocenters. The fourth-order valence-electron chi connectivity index (χ4n) is 1.58. The van der Waals surface area contributed by atoms with E-state index in [1.807, 2.05) is 0 Å². The van der Waals surface area contributed by atoms with Gasteiger partial charge in [0.05, 0.1) is 0 Å². The minimum atomic E-state index is -1.52. The second-order valence-corrected chi connectivity index (χ2v) is 6.19. The molecule has 0 atom stereocenters. The Morgan fingerprint density at radius 2 is 1.26 bits per heavy atom. The molecule has 0 bridgehead atoms. The van der Waals surface area contributed by atoms with E-state index in [1.165, 1.54) is 24.3 Å². The van der Waals surface area contributed by atoms with Crippen LogP contribution in [0, 0.1) is 5.82 Å². The van der Waals surface area contributed by atoms with Crippen LogP contribution in [0.5, 0.6) is 0 Å². The maximum Gasteiger partial charge on any atom is 0.216 e. The monoisotopic (exact) mass is 316 g/mol. The van der Waals surface area contributed by atoms with E-state index in [9.17, 15) is 9.18 Å². The molecular weight excluding hydrogens is 310 g/mol. The lowest BCUT2D eigenvalue weighted by molar-refractivity contribution is 0.103. The molecule has 98 valence electrons. The summed E-state index contributed by atoms with van der Waals surface area (Å²) in [5.74, 6) is -0.598. The summed E-state index contributed by atoms with van der Waals surface area (Å²) in [6.45, 7) is 0. The topological polar surface area (TPSA) is 17.1 Å². The molecule has 0 aliphatic rings. The predicted molar refractivity (Wildman–Crippen MR) is 75.5 cm³/mol. The van der Waals surface area contributed by atoms with Crippen molar-refractivity contribution in [1.29, 1.82) is 0 Å². The predicted octanol–water partition coefficient (Wildman–Crippen LogP) is 4.88. The van der Waals surface area contributed by atoms with Crippen LogP contribution in [0.2, 0.25) is 0 Å². The van der Waals surface area contributed by atoms with E-state index >= 15 is 0 Å². The molecule has 0 amide bonds. The number of halogens is 4. The quantitative estimate of drug-likeness (QED) is 0.569. The number of benzene rings is 2. The Bertz CT molecular complexity index is 586. The molecule has 0 aliphatic carbocycles. The van der Waals surface area contributed by atoms with Gasteiger partial charge < -0.3 is 0 Å². The van der Waals surface area contributed by atoms with Crippen molar-refractivity contribution in [1.82, 2.24) is 0 Å². The Morgan fingerprint density at radius 1 is 0.842 bits per heavy atom. The first-order chi connectivity index (χ1) is 8.88. The fraction of sp³-hybridized carbons (Fsp3) is 0.0714. The number of ketones is 1. The summed E-state index contributed by atoms with van der Waals surface area (Å²) in [7, 11) is 0. The molecule has 2 aromatic carbocycles. The highest BCUT2D eigenvalue weighted by atomic mass is 35.6. The second-order valence-electron chi connectivity index (χ2n) is 3.91. The molecular formula is C14H8Cl3FO. The Morgan fingerprint density at radius 3 is 1.68 bits per heavy atom. The molecule has 2 rings (SSSR count). The van der Waals surface area contributed by atoms with Gasteiger partial charge in [-0.25, -0.2) is 4.39 Å². The van der Waals surface area contributed by atoms with E-state index in [4.69, 9.17) is 34.8 Å². The lowest BCUT2D eigenvalue weighted by atomic mass is 10.0. The first kappa shape index (κ1) is 14.3. The van der Waals surface area contributed by atoms with E-state index in [-0.39, 0.29) is 11.6 Å². The van der Waals surface area contributed by atoms with Gasteiger partial charge in [0.1, 0.15) is 5.82 Å². The zero-order valence-corrected chi connectivity index (χ0v) is 11.8. The third-order valence-electron chi connectivity index (χ3n) is 2.58. The molecule has 0 saturated carbocycles. The van der Waals surface area contributed by atoms with E-state index in [2.05, 4.69) is 0 Å². The average Bonchev–Trinajstić information content (AvgIpc) is 2.38. The van der Waals surface area contributed by atoms with Gasteiger partial charge in [-0.3, -0.25) is 4.79 Å². The number of alkyl halides is 3. The molecule has 5 heteroatoms. The Balaban J connectivity index is 2.27. The molecule has 0 aromatic heterocycles. The minimum absolute atomic E-state index is 0.212. The summed E-state index contributed by atoms with van der Waals surface area (Å²) in [5.41, 5.74) is 1.33. The third-order valence-corrected chi connectivity index (χ3v) is 3.24. The summed E-state index contributed by atoms with van der Waals surface area (Å²) in [6.07, 6.45) is 0. The van der Waals surface area contributed by atoms with Gasteiger partial charge >= 0.3 is 0 Å². The van der Waals surface area contributed by atoms with Gasteiger partial charge in [-0.1, -0.05) is 59.1 Å². The molecule has 19 heavy (non-hydrogen) atoms. The first-order valence-corrected chi connectivity index (χ1v) is 6.49. The van der Waals surface area contributed by atoms with Crippen molar-refractivity contribution < 1.29 is 9.18 Å². The van der Waals surface area contributed by atoms with Gasteiger partial charge in [-0.2, -0.15) is 0 Å². The zero-order chi connectivity index (χ0) is 14.0. The largest absolute Gasteiger partial charge is 0.289 e. The molecule has 0 spiro atoms. The Labute approximate surface area is 124 Å². The Hall–Kier alpha value is -1.09. The molecule has 1 nitrogen and oxygen atoms in total. The Kier molecular flexibility index (Phi) is 4.14. The number of hydrogen-bond donors (Lipinski definition) is 0. The SMILES string of the molecule is O=C(c1ccc(F)cc1)c1ccc(C(Cl)(Cl)Cl)cc1. The van der Waals surface area contributed by atoms with Crippen molar-refractivity contribution in [2.45, 2.75) is 3.79 Å².